The number of hydrogen-bond donors (Lipinski definition) is 2. The van der Waals surface area contributed by atoms with Crippen LogP contribution in [0.5, 0.6) is 5.75 Å². The molecule has 1 saturated carbocycles. The molecule has 3 nitrogen and oxygen atoms in total. The summed E-state index contributed by atoms with van der Waals surface area (Å²) in [5.74, 6) is 1.28. The number of hydrogen-bond acceptors (Lipinski definition) is 3. The SMILES string of the molecule is Cc1cc([C@@H](C2CC2)N2CCNCC2)cc(C)c1O.Cl.Cl. The maximum Gasteiger partial charge on any atom is 0.121 e. The first kappa shape index (κ1) is 18.6. The van der Waals surface area contributed by atoms with E-state index in [9.17, 15) is 5.11 Å². The summed E-state index contributed by atoms with van der Waals surface area (Å²) in [4.78, 5) is 2.62. The molecule has 1 atom stereocenters. The van der Waals surface area contributed by atoms with E-state index < -0.39 is 0 Å². The molecule has 21 heavy (non-hydrogen) atoms. The Morgan fingerprint density at radius 3 is 2.10 bits per heavy atom. The molecule has 1 aromatic rings. The third-order valence-corrected chi connectivity index (χ3v) is 4.47. The molecule has 0 bridgehead atoms. The lowest BCUT2D eigenvalue weighted by Crippen LogP contribution is -2.45. The molecule has 2 N–H and O–H groups in total. The van der Waals surface area contributed by atoms with Crippen molar-refractivity contribution in [3.05, 3.63) is 28.8 Å². The van der Waals surface area contributed by atoms with E-state index in [4.69, 9.17) is 0 Å². The molecule has 120 valence electrons. The zero-order valence-electron chi connectivity index (χ0n) is 12.8. The predicted molar refractivity (Wildman–Crippen MR) is 92.0 cm³/mol. The largest absolute Gasteiger partial charge is 0.507 e. The first-order valence-electron chi connectivity index (χ1n) is 7.41. The van der Waals surface area contributed by atoms with Gasteiger partial charge in [0.25, 0.3) is 0 Å². The molecule has 1 aromatic carbocycles. The predicted octanol–water partition coefficient (Wildman–Crippen LogP) is 3.21. The molecule has 0 radical (unpaired) electrons. The number of halogens is 2. The number of nitrogens with one attached hydrogen (secondary N) is 1. The molecule has 0 aromatic heterocycles. The minimum absolute atomic E-state index is 0. The minimum atomic E-state index is 0. The van der Waals surface area contributed by atoms with E-state index in [1.54, 1.807) is 0 Å². The van der Waals surface area contributed by atoms with E-state index in [1.807, 2.05) is 13.8 Å². The molecule has 0 spiro atoms. The van der Waals surface area contributed by atoms with Gasteiger partial charge in [-0.25, -0.2) is 0 Å². The summed E-state index contributed by atoms with van der Waals surface area (Å²) in [7, 11) is 0. The highest BCUT2D eigenvalue weighted by molar-refractivity contribution is 5.85. The second-order valence-corrected chi connectivity index (χ2v) is 6.07. The van der Waals surface area contributed by atoms with Crippen LogP contribution in [0.4, 0.5) is 0 Å². The fraction of sp³-hybridized carbons (Fsp3) is 0.625. The van der Waals surface area contributed by atoms with Crippen molar-refractivity contribution in [1.29, 1.82) is 0 Å². The fourth-order valence-corrected chi connectivity index (χ4v) is 3.31. The third kappa shape index (κ3) is 4.04. The molecule has 1 aliphatic carbocycles. The molecule has 1 aliphatic heterocycles. The Kier molecular flexibility index (Phi) is 6.79. The van der Waals surface area contributed by atoms with E-state index >= 15 is 0 Å². The van der Waals surface area contributed by atoms with Gasteiger partial charge in [0.15, 0.2) is 0 Å². The maximum absolute atomic E-state index is 9.95. The maximum atomic E-state index is 9.95. The van der Waals surface area contributed by atoms with Crippen molar-refractivity contribution in [2.75, 3.05) is 26.2 Å². The Morgan fingerprint density at radius 1 is 1.10 bits per heavy atom. The highest BCUT2D eigenvalue weighted by atomic mass is 35.5. The molecule has 1 saturated heterocycles. The fourth-order valence-electron chi connectivity index (χ4n) is 3.31. The molecule has 1 heterocycles. The van der Waals surface area contributed by atoms with Gasteiger partial charge >= 0.3 is 0 Å². The van der Waals surface area contributed by atoms with Gasteiger partial charge in [-0.15, -0.1) is 24.8 Å². The zero-order valence-corrected chi connectivity index (χ0v) is 14.4. The molecular formula is C16H26Cl2N2O. The van der Waals surface area contributed by atoms with Gasteiger partial charge in [0.2, 0.25) is 0 Å². The molecule has 0 amide bonds. The second kappa shape index (κ2) is 7.68. The third-order valence-electron chi connectivity index (χ3n) is 4.47. The van der Waals surface area contributed by atoms with Gasteiger partial charge < -0.3 is 10.4 Å². The van der Waals surface area contributed by atoms with Crippen molar-refractivity contribution in [3.63, 3.8) is 0 Å². The van der Waals surface area contributed by atoms with E-state index in [0.717, 1.165) is 43.2 Å². The first-order valence-corrected chi connectivity index (χ1v) is 7.41. The summed E-state index contributed by atoms with van der Waals surface area (Å²) in [6, 6.07) is 4.93. The van der Waals surface area contributed by atoms with Gasteiger partial charge in [0.1, 0.15) is 5.75 Å². The van der Waals surface area contributed by atoms with Crippen molar-refractivity contribution in [3.8, 4) is 5.75 Å². The Hall–Kier alpha value is -0.480. The number of benzene rings is 1. The quantitative estimate of drug-likeness (QED) is 0.892. The number of aryl methyl sites for hydroxylation is 2. The van der Waals surface area contributed by atoms with Crippen LogP contribution in [0.15, 0.2) is 12.1 Å². The van der Waals surface area contributed by atoms with Gasteiger partial charge in [0.05, 0.1) is 0 Å². The van der Waals surface area contributed by atoms with E-state index in [2.05, 4.69) is 22.3 Å². The zero-order chi connectivity index (χ0) is 13.4. The minimum Gasteiger partial charge on any atom is -0.507 e. The van der Waals surface area contributed by atoms with Gasteiger partial charge in [-0.2, -0.15) is 0 Å². The highest BCUT2D eigenvalue weighted by Gasteiger charge is 2.36. The van der Waals surface area contributed by atoms with Crippen LogP contribution in [0.2, 0.25) is 0 Å². The van der Waals surface area contributed by atoms with E-state index in [-0.39, 0.29) is 24.8 Å². The molecule has 3 rings (SSSR count). The lowest BCUT2D eigenvalue weighted by molar-refractivity contribution is 0.156. The lowest BCUT2D eigenvalue weighted by Gasteiger charge is -2.36. The van der Waals surface area contributed by atoms with Crippen LogP contribution in [0, 0.1) is 19.8 Å². The number of phenols is 1. The van der Waals surface area contributed by atoms with Crippen LogP contribution in [-0.2, 0) is 0 Å². The molecule has 5 heteroatoms. The van der Waals surface area contributed by atoms with Crippen LogP contribution in [0.3, 0.4) is 0 Å². The Morgan fingerprint density at radius 2 is 1.62 bits per heavy atom. The van der Waals surface area contributed by atoms with Crippen LogP contribution in [-0.4, -0.2) is 36.2 Å². The summed E-state index contributed by atoms with van der Waals surface area (Å²) < 4.78 is 0. The summed E-state index contributed by atoms with van der Waals surface area (Å²) in [5.41, 5.74) is 3.42. The smallest absolute Gasteiger partial charge is 0.121 e. The van der Waals surface area contributed by atoms with Gasteiger partial charge in [-0.05, 0) is 49.3 Å². The average molecular weight is 333 g/mol. The van der Waals surface area contributed by atoms with E-state index in [0.29, 0.717) is 11.8 Å². The molecular weight excluding hydrogens is 307 g/mol. The van der Waals surface area contributed by atoms with Crippen LogP contribution in [0.1, 0.15) is 35.6 Å². The Bertz CT molecular complexity index is 448. The molecule has 2 fully saturated rings. The van der Waals surface area contributed by atoms with Crippen LogP contribution < -0.4 is 5.32 Å². The molecule has 0 unspecified atom stereocenters. The Labute approximate surface area is 139 Å². The summed E-state index contributed by atoms with van der Waals surface area (Å²) in [5, 5.41) is 13.4. The molecule has 2 aliphatic rings. The van der Waals surface area contributed by atoms with Gasteiger partial charge in [-0.3, -0.25) is 4.90 Å². The Balaban J connectivity index is 0.00000110. The number of phenolic OH excluding ortho intramolecular Hbond substituents is 1. The lowest BCUT2D eigenvalue weighted by atomic mass is 9.95. The van der Waals surface area contributed by atoms with Crippen molar-refractivity contribution in [2.24, 2.45) is 5.92 Å². The average Bonchev–Trinajstić information content (AvgIpc) is 3.22. The number of rotatable bonds is 3. The van der Waals surface area contributed by atoms with Gasteiger partial charge in [-0.1, -0.05) is 12.1 Å². The highest BCUT2D eigenvalue weighted by Crippen LogP contribution is 2.45. The standard InChI is InChI=1S/C16H24N2O.2ClH/c1-11-9-14(10-12(2)16(11)19)15(13-3-4-13)18-7-5-17-6-8-18;;/h9-10,13,15,17,19H,3-8H2,1-2H3;2*1H/t15-;;/m1../s1. The van der Waals surface area contributed by atoms with E-state index in [1.165, 1.54) is 18.4 Å². The normalized spacial score (nSPS) is 20.3. The second-order valence-electron chi connectivity index (χ2n) is 6.07. The number of aromatic hydroxyl groups is 1. The van der Waals surface area contributed by atoms with Crippen molar-refractivity contribution in [2.45, 2.75) is 32.7 Å². The van der Waals surface area contributed by atoms with Gasteiger partial charge in [0, 0.05) is 32.2 Å². The monoisotopic (exact) mass is 332 g/mol. The van der Waals surface area contributed by atoms with Crippen molar-refractivity contribution >= 4 is 24.8 Å². The van der Waals surface area contributed by atoms with Crippen LogP contribution >= 0.6 is 24.8 Å². The summed E-state index contributed by atoms with van der Waals surface area (Å²) in [6.45, 7) is 8.49. The topological polar surface area (TPSA) is 35.5 Å². The van der Waals surface area contributed by atoms with Crippen LogP contribution in [0.25, 0.3) is 0 Å². The summed E-state index contributed by atoms with van der Waals surface area (Å²) in [6.07, 6.45) is 2.71. The number of piperazine rings is 1. The number of nitrogens with zero attached hydrogens (tertiary/aromatic N) is 1. The summed E-state index contributed by atoms with van der Waals surface area (Å²) >= 11 is 0. The van der Waals surface area contributed by atoms with Crippen molar-refractivity contribution < 1.29 is 5.11 Å². The van der Waals surface area contributed by atoms with Crippen molar-refractivity contribution in [1.82, 2.24) is 10.2 Å². The first-order chi connectivity index (χ1) is 9.16.